The average molecular weight is 410 g/mol. The van der Waals surface area contributed by atoms with Gasteiger partial charge in [0.25, 0.3) is 5.91 Å². The van der Waals surface area contributed by atoms with Crippen molar-refractivity contribution in [2.24, 2.45) is 0 Å². The van der Waals surface area contributed by atoms with Crippen LogP contribution in [-0.2, 0) is 9.53 Å². The van der Waals surface area contributed by atoms with E-state index in [4.69, 9.17) is 0 Å². The summed E-state index contributed by atoms with van der Waals surface area (Å²) in [6.45, 7) is 1.79. The Balaban J connectivity index is 1.77. The van der Waals surface area contributed by atoms with Gasteiger partial charge in [0.1, 0.15) is 10.8 Å². The predicted molar refractivity (Wildman–Crippen MR) is 104 cm³/mol. The summed E-state index contributed by atoms with van der Waals surface area (Å²) in [7, 11) is 0. The van der Waals surface area contributed by atoms with Crippen LogP contribution in [0.4, 0.5) is 14.2 Å². The van der Waals surface area contributed by atoms with Crippen molar-refractivity contribution in [2.45, 2.75) is 24.7 Å². The van der Waals surface area contributed by atoms with Gasteiger partial charge in [-0.15, -0.1) is 23.1 Å². The molecule has 1 aromatic heterocycles. The molecule has 27 heavy (non-hydrogen) atoms. The number of rotatable bonds is 8. The lowest BCUT2D eigenvalue weighted by molar-refractivity contribution is -0.116. The Labute approximate surface area is 164 Å². The highest BCUT2D eigenvalue weighted by Crippen LogP contribution is 2.24. The lowest BCUT2D eigenvalue weighted by Crippen LogP contribution is -2.31. The molecule has 2 rings (SSSR count). The molecular formula is C18H19FN2O4S2. The minimum Gasteiger partial charge on any atom is -0.450 e. The van der Waals surface area contributed by atoms with Crippen LogP contribution in [0.1, 0.15) is 30.1 Å². The Kier molecular flexibility index (Phi) is 8.28. The van der Waals surface area contributed by atoms with Crippen LogP contribution in [-0.4, -0.2) is 30.3 Å². The van der Waals surface area contributed by atoms with Crippen molar-refractivity contribution in [2.75, 3.05) is 17.7 Å². The van der Waals surface area contributed by atoms with Crippen LogP contribution in [0.25, 0.3) is 0 Å². The second-order valence-corrected chi connectivity index (χ2v) is 7.38. The maximum absolute atomic E-state index is 12.8. The zero-order valence-corrected chi connectivity index (χ0v) is 16.3. The number of imide groups is 1. The van der Waals surface area contributed by atoms with Crippen LogP contribution < -0.4 is 10.6 Å². The summed E-state index contributed by atoms with van der Waals surface area (Å²) in [6, 6.07) is 7.71. The van der Waals surface area contributed by atoms with Gasteiger partial charge in [-0.05, 0) is 54.8 Å². The van der Waals surface area contributed by atoms with E-state index in [1.807, 2.05) is 0 Å². The van der Waals surface area contributed by atoms with Crippen molar-refractivity contribution in [3.05, 3.63) is 47.1 Å². The first-order valence-electron chi connectivity index (χ1n) is 8.23. The van der Waals surface area contributed by atoms with Crippen molar-refractivity contribution in [3.8, 4) is 0 Å². The highest BCUT2D eigenvalue weighted by molar-refractivity contribution is 7.99. The van der Waals surface area contributed by atoms with Crippen LogP contribution in [0, 0.1) is 5.82 Å². The first-order chi connectivity index (χ1) is 13.0. The Morgan fingerprint density at radius 2 is 1.93 bits per heavy atom. The normalized spacial score (nSPS) is 10.3. The fraction of sp³-hybridized carbons (Fsp3) is 0.278. The number of carbonyl (C=O) groups is 3. The van der Waals surface area contributed by atoms with Gasteiger partial charge < -0.3 is 10.1 Å². The van der Waals surface area contributed by atoms with Crippen molar-refractivity contribution in [1.29, 1.82) is 0 Å². The zero-order valence-electron chi connectivity index (χ0n) is 14.6. The van der Waals surface area contributed by atoms with Crippen molar-refractivity contribution >= 4 is 46.0 Å². The molecule has 0 aliphatic heterocycles. The molecule has 0 saturated heterocycles. The third-order valence-electron chi connectivity index (χ3n) is 3.28. The molecule has 1 aromatic carbocycles. The SMILES string of the molecule is CCOC(=O)NC(=O)c1ccsc1NC(=O)CCCSc1ccc(F)cc1. The Morgan fingerprint density at radius 3 is 2.63 bits per heavy atom. The third-order valence-corrected chi connectivity index (χ3v) is 5.21. The number of amides is 3. The van der Waals surface area contributed by atoms with Gasteiger partial charge >= 0.3 is 6.09 Å². The number of thiophene rings is 1. The molecule has 0 aliphatic carbocycles. The fourth-order valence-corrected chi connectivity index (χ4v) is 3.71. The smallest absolute Gasteiger partial charge is 0.414 e. The monoisotopic (exact) mass is 410 g/mol. The molecule has 2 aromatic rings. The molecule has 0 atom stereocenters. The van der Waals surface area contributed by atoms with Crippen LogP contribution in [0.15, 0.2) is 40.6 Å². The average Bonchev–Trinajstić information content (AvgIpc) is 3.08. The van der Waals surface area contributed by atoms with Gasteiger partial charge in [-0.25, -0.2) is 9.18 Å². The van der Waals surface area contributed by atoms with E-state index in [2.05, 4.69) is 15.4 Å². The summed E-state index contributed by atoms with van der Waals surface area (Å²) in [5.74, 6) is -0.420. The van der Waals surface area contributed by atoms with Crippen molar-refractivity contribution < 1.29 is 23.5 Å². The number of hydrogen-bond acceptors (Lipinski definition) is 6. The van der Waals surface area contributed by atoms with Gasteiger partial charge in [0.05, 0.1) is 12.2 Å². The summed E-state index contributed by atoms with van der Waals surface area (Å²) >= 11 is 2.74. The van der Waals surface area contributed by atoms with E-state index in [1.54, 1.807) is 24.4 Å². The van der Waals surface area contributed by atoms with Gasteiger partial charge in [0.15, 0.2) is 0 Å². The number of ether oxygens (including phenoxy) is 1. The van der Waals surface area contributed by atoms with E-state index in [-0.39, 0.29) is 30.3 Å². The van der Waals surface area contributed by atoms with Gasteiger partial charge in [-0.3, -0.25) is 14.9 Å². The lowest BCUT2D eigenvalue weighted by atomic mass is 10.3. The Bertz CT molecular complexity index is 793. The molecule has 0 bridgehead atoms. The maximum atomic E-state index is 12.8. The Hall–Kier alpha value is -2.39. The van der Waals surface area contributed by atoms with Gasteiger partial charge in [0, 0.05) is 11.3 Å². The second kappa shape index (κ2) is 10.7. The molecule has 6 nitrogen and oxygen atoms in total. The van der Waals surface area contributed by atoms with E-state index in [0.717, 1.165) is 4.90 Å². The van der Waals surface area contributed by atoms with E-state index in [1.165, 1.54) is 41.3 Å². The number of halogens is 1. The first-order valence-corrected chi connectivity index (χ1v) is 10.1. The molecule has 144 valence electrons. The van der Waals surface area contributed by atoms with E-state index >= 15 is 0 Å². The highest BCUT2D eigenvalue weighted by atomic mass is 32.2. The molecule has 0 unspecified atom stereocenters. The largest absolute Gasteiger partial charge is 0.450 e. The maximum Gasteiger partial charge on any atom is 0.414 e. The fourth-order valence-electron chi connectivity index (χ4n) is 2.05. The molecule has 0 saturated carbocycles. The molecule has 9 heteroatoms. The number of carbonyl (C=O) groups excluding carboxylic acids is 3. The number of hydrogen-bond donors (Lipinski definition) is 2. The van der Waals surface area contributed by atoms with Crippen LogP contribution in [0.2, 0.25) is 0 Å². The van der Waals surface area contributed by atoms with E-state index in [9.17, 15) is 18.8 Å². The van der Waals surface area contributed by atoms with Crippen LogP contribution in [0.3, 0.4) is 0 Å². The van der Waals surface area contributed by atoms with Gasteiger partial charge in [-0.2, -0.15) is 0 Å². The second-order valence-electron chi connectivity index (χ2n) is 5.29. The molecule has 2 N–H and O–H groups in total. The standard InChI is InChI=1S/C18H19FN2O4S2/c1-2-25-18(24)21-16(23)14-9-11-27-17(14)20-15(22)4-3-10-26-13-7-5-12(19)6-8-13/h5-9,11H,2-4,10H2,1H3,(H,20,22)(H,21,23,24). The predicted octanol–water partition coefficient (Wildman–Crippen LogP) is 4.28. The quantitative estimate of drug-likeness (QED) is 0.501. The highest BCUT2D eigenvalue weighted by Gasteiger charge is 2.17. The summed E-state index contributed by atoms with van der Waals surface area (Å²) < 4.78 is 17.5. The lowest BCUT2D eigenvalue weighted by Gasteiger charge is -2.07. The Morgan fingerprint density at radius 1 is 1.19 bits per heavy atom. The van der Waals surface area contributed by atoms with Crippen molar-refractivity contribution in [3.63, 3.8) is 0 Å². The molecule has 0 radical (unpaired) electrons. The minimum absolute atomic E-state index is 0.155. The molecular weight excluding hydrogens is 391 g/mol. The van der Waals surface area contributed by atoms with Crippen LogP contribution >= 0.6 is 23.1 Å². The first kappa shape index (κ1) is 20.9. The molecule has 0 fully saturated rings. The zero-order chi connectivity index (χ0) is 19.6. The number of benzene rings is 1. The van der Waals surface area contributed by atoms with Gasteiger partial charge in [0.2, 0.25) is 5.91 Å². The summed E-state index contributed by atoms with van der Waals surface area (Å²) in [5, 5.41) is 6.82. The van der Waals surface area contributed by atoms with Crippen LogP contribution in [0.5, 0.6) is 0 Å². The molecule has 3 amide bonds. The minimum atomic E-state index is -0.830. The number of anilines is 1. The molecule has 0 aliphatic rings. The molecule has 0 spiro atoms. The third kappa shape index (κ3) is 7.03. The van der Waals surface area contributed by atoms with E-state index in [0.29, 0.717) is 17.2 Å². The topological polar surface area (TPSA) is 84.5 Å². The number of nitrogens with one attached hydrogen (secondary N) is 2. The summed E-state index contributed by atoms with van der Waals surface area (Å²) in [4.78, 5) is 36.4. The number of alkyl carbamates (subject to hydrolysis) is 1. The number of thioether (sulfide) groups is 1. The summed E-state index contributed by atoms with van der Waals surface area (Å²) in [6.07, 6.45) is 0.0815. The summed E-state index contributed by atoms with van der Waals surface area (Å²) in [5.41, 5.74) is 0.210. The van der Waals surface area contributed by atoms with E-state index < -0.39 is 12.0 Å². The van der Waals surface area contributed by atoms with Gasteiger partial charge in [-0.1, -0.05) is 0 Å². The van der Waals surface area contributed by atoms with Crippen molar-refractivity contribution in [1.82, 2.24) is 5.32 Å². The molecule has 1 heterocycles.